The number of halogens is 2. The molecule has 3 heterocycles. The van der Waals surface area contributed by atoms with Crippen molar-refractivity contribution in [2.75, 3.05) is 4.90 Å². The van der Waals surface area contributed by atoms with Crippen molar-refractivity contribution in [1.29, 1.82) is 0 Å². The van der Waals surface area contributed by atoms with E-state index >= 15 is 0 Å². The molecule has 6 nitrogen and oxygen atoms in total. The first kappa shape index (κ1) is 22.5. The fraction of sp³-hybridized carbons (Fsp3) is 0.0714. The monoisotopic (exact) mass is 516 g/mol. The van der Waals surface area contributed by atoms with Crippen molar-refractivity contribution in [1.82, 2.24) is 4.98 Å². The van der Waals surface area contributed by atoms with Crippen molar-refractivity contribution in [2.24, 2.45) is 0 Å². The summed E-state index contributed by atoms with van der Waals surface area (Å²) >= 11 is 12.5. The Morgan fingerprint density at radius 1 is 1.06 bits per heavy atom. The van der Waals surface area contributed by atoms with Crippen LogP contribution in [0.5, 0.6) is 0 Å². The number of H-pyrrole nitrogens is 1. The number of furan rings is 1. The zero-order valence-corrected chi connectivity index (χ0v) is 20.4. The standard InChI is InChI=1S/C28H18Cl2N2O4/c1-14-6-8-17(12-20(14)30)32-25(19-13-31-21-5-3-2-4-18(19)21)24(27(34)28(32)35)26(33)23-11-15-10-16(29)7-9-22(15)36-23/h2-13,25,31,34H,1H3. The highest BCUT2D eigenvalue weighted by atomic mass is 35.5. The summed E-state index contributed by atoms with van der Waals surface area (Å²) in [6, 6.07) is 18.4. The number of Topliss-reactive ketones (excluding diaryl/α,β-unsaturated/α-hetero) is 1. The molecular formula is C28H18Cl2N2O4. The number of aryl methyl sites for hydroxylation is 1. The number of nitrogens with zero attached hydrogens (tertiary/aromatic N) is 1. The second-order valence-corrected chi connectivity index (χ2v) is 9.53. The molecule has 1 aliphatic heterocycles. The third kappa shape index (κ3) is 3.41. The van der Waals surface area contributed by atoms with Gasteiger partial charge in [0.15, 0.2) is 11.5 Å². The fourth-order valence-corrected chi connectivity index (χ4v) is 5.06. The van der Waals surface area contributed by atoms with Crippen LogP contribution < -0.4 is 4.90 Å². The normalized spacial score (nSPS) is 16.0. The molecule has 5 aromatic rings. The Hall–Kier alpha value is -4.00. The SMILES string of the molecule is Cc1ccc(N2C(=O)C(O)=C(C(=O)c3cc4cc(Cl)ccc4o3)C2c2c[nH]c3ccccc23)cc1Cl. The maximum absolute atomic E-state index is 13.8. The summed E-state index contributed by atoms with van der Waals surface area (Å²) in [5, 5.41) is 13.5. The molecule has 0 radical (unpaired) electrons. The molecule has 0 saturated carbocycles. The maximum atomic E-state index is 13.8. The van der Waals surface area contributed by atoms with Crippen LogP contribution in [0.4, 0.5) is 5.69 Å². The highest BCUT2D eigenvalue weighted by Crippen LogP contribution is 2.45. The van der Waals surface area contributed by atoms with E-state index in [0.717, 1.165) is 16.5 Å². The van der Waals surface area contributed by atoms with E-state index in [1.807, 2.05) is 31.2 Å². The van der Waals surface area contributed by atoms with E-state index in [9.17, 15) is 14.7 Å². The van der Waals surface area contributed by atoms with E-state index in [2.05, 4.69) is 4.98 Å². The summed E-state index contributed by atoms with van der Waals surface area (Å²) in [5.41, 5.74) is 3.17. The Morgan fingerprint density at radius 3 is 2.67 bits per heavy atom. The Kier molecular flexibility index (Phi) is 5.18. The number of hydrogen-bond acceptors (Lipinski definition) is 4. The van der Waals surface area contributed by atoms with Crippen LogP contribution in [-0.4, -0.2) is 21.8 Å². The van der Waals surface area contributed by atoms with Gasteiger partial charge in [0.05, 0.1) is 11.6 Å². The van der Waals surface area contributed by atoms with Gasteiger partial charge >= 0.3 is 0 Å². The number of rotatable bonds is 4. The number of para-hydroxylation sites is 1. The van der Waals surface area contributed by atoms with Gasteiger partial charge in [0.25, 0.3) is 5.91 Å². The van der Waals surface area contributed by atoms with E-state index in [1.165, 1.54) is 4.90 Å². The third-order valence-corrected chi connectivity index (χ3v) is 7.15. The lowest BCUT2D eigenvalue weighted by atomic mass is 9.94. The molecule has 2 N–H and O–H groups in total. The number of nitrogens with one attached hydrogen (secondary N) is 1. The van der Waals surface area contributed by atoms with Gasteiger partial charge in [-0.3, -0.25) is 14.5 Å². The van der Waals surface area contributed by atoms with Crippen LogP contribution in [0.15, 0.2) is 88.7 Å². The van der Waals surface area contributed by atoms with Crippen molar-refractivity contribution in [3.63, 3.8) is 0 Å². The number of aliphatic hydroxyl groups is 1. The molecule has 1 amide bonds. The third-order valence-electron chi connectivity index (χ3n) is 6.50. The van der Waals surface area contributed by atoms with E-state index in [4.69, 9.17) is 27.6 Å². The fourth-order valence-electron chi connectivity index (χ4n) is 4.71. The van der Waals surface area contributed by atoms with Gasteiger partial charge in [0.2, 0.25) is 5.78 Å². The molecule has 1 atom stereocenters. The van der Waals surface area contributed by atoms with Crippen LogP contribution in [0.1, 0.15) is 27.7 Å². The summed E-state index contributed by atoms with van der Waals surface area (Å²) in [6.07, 6.45) is 1.75. The number of aliphatic hydroxyl groups excluding tert-OH is 1. The number of carbonyl (C=O) groups excluding carboxylic acids is 2. The zero-order valence-electron chi connectivity index (χ0n) is 18.9. The molecule has 8 heteroatoms. The van der Waals surface area contributed by atoms with Crippen LogP contribution in [-0.2, 0) is 4.79 Å². The summed E-state index contributed by atoms with van der Waals surface area (Å²) in [7, 11) is 0. The second kappa shape index (κ2) is 8.29. The van der Waals surface area contributed by atoms with Crippen molar-refractivity contribution in [3.05, 3.63) is 111 Å². The molecular weight excluding hydrogens is 499 g/mol. The molecule has 3 aromatic carbocycles. The summed E-state index contributed by atoms with van der Waals surface area (Å²) < 4.78 is 5.80. The summed E-state index contributed by atoms with van der Waals surface area (Å²) in [4.78, 5) is 31.9. The van der Waals surface area contributed by atoms with E-state index < -0.39 is 23.5 Å². The number of anilines is 1. The lowest BCUT2D eigenvalue weighted by Crippen LogP contribution is -2.31. The van der Waals surface area contributed by atoms with Crippen molar-refractivity contribution in [3.8, 4) is 0 Å². The number of benzene rings is 3. The van der Waals surface area contributed by atoms with Crippen LogP contribution in [0.3, 0.4) is 0 Å². The van der Waals surface area contributed by atoms with Crippen molar-refractivity contribution >= 4 is 62.5 Å². The quantitative estimate of drug-likeness (QED) is 0.245. The van der Waals surface area contributed by atoms with Gasteiger partial charge in [-0.15, -0.1) is 0 Å². The topological polar surface area (TPSA) is 86.5 Å². The Balaban J connectivity index is 1.55. The van der Waals surface area contributed by atoms with Gasteiger partial charge in [-0.2, -0.15) is 0 Å². The molecule has 2 aromatic heterocycles. The Bertz CT molecular complexity index is 1750. The first-order valence-electron chi connectivity index (χ1n) is 11.2. The van der Waals surface area contributed by atoms with Gasteiger partial charge in [0, 0.05) is 43.8 Å². The molecule has 1 aliphatic rings. The average molecular weight is 517 g/mol. The molecule has 1 unspecified atom stereocenters. The smallest absolute Gasteiger partial charge is 0.294 e. The number of aromatic amines is 1. The highest BCUT2D eigenvalue weighted by Gasteiger charge is 2.46. The Morgan fingerprint density at radius 2 is 1.86 bits per heavy atom. The first-order valence-corrected chi connectivity index (χ1v) is 11.9. The molecule has 0 saturated heterocycles. The molecule has 0 bridgehead atoms. The number of hydrogen-bond donors (Lipinski definition) is 2. The summed E-state index contributed by atoms with van der Waals surface area (Å²) in [5.74, 6) is -1.93. The molecule has 36 heavy (non-hydrogen) atoms. The zero-order chi connectivity index (χ0) is 25.1. The molecule has 6 rings (SSSR count). The van der Waals surface area contributed by atoms with Gasteiger partial charge in [0.1, 0.15) is 5.58 Å². The molecule has 0 fully saturated rings. The molecule has 178 valence electrons. The minimum absolute atomic E-state index is 0.00440. The highest BCUT2D eigenvalue weighted by molar-refractivity contribution is 6.32. The summed E-state index contributed by atoms with van der Waals surface area (Å²) in [6.45, 7) is 1.85. The predicted octanol–water partition coefficient (Wildman–Crippen LogP) is 7.31. The molecule has 0 spiro atoms. The van der Waals surface area contributed by atoms with Crippen molar-refractivity contribution < 1.29 is 19.1 Å². The van der Waals surface area contributed by atoms with Crippen LogP contribution in [0.2, 0.25) is 10.0 Å². The number of fused-ring (bicyclic) bond motifs is 2. The van der Waals surface area contributed by atoms with Gasteiger partial charge < -0.3 is 14.5 Å². The predicted molar refractivity (Wildman–Crippen MR) is 140 cm³/mol. The molecule has 0 aliphatic carbocycles. The van der Waals surface area contributed by atoms with E-state index in [1.54, 1.807) is 48.7 Å². The van der Waals surface area contributed by atoms with Gasteiger partial charge in [-0.25, -0.2) is 0 Å². The van der Waals surface area contributed by atoms with E-state index in [0.29, 0.717) is 32.3 Å². The van der Waals surface area contributed by atoms with Gasteiger partial charge in [-0.05, 0) is 55.0 Å². The largest absolute Gasteiger partial charge is 0.503 e. The minimum Gasteiger partial charge on any atom is -0.503 e. The van der Waals surface area contributed by atoms with Crippen LogP contribution in [0.25, 0.3) is 21.9 Å². The number of aromatic nitrogens is 1. The van der Waals surface area contributed by atoms with E-state index in [-0.39, 0.29) is 11.3 Å². The van der Waals surface area contributed by atoms with Crippen LogP contribution >= 0.6 is 23.2 Å². The average Bonchev–Trinajstić information content (AvgIpc) is 3.55. The van der Waals surface area contributed by atoms with Gasteiger partial charge in [-0.1, -0.05) is 47.5 Å². The first-order chi connectivity index (χ1) is 17.3. The number of amides is 1. The van der Waals surface area contributed by atoms with Crippen molar-refractivity contribution in [2.45, 2.75) is 13.0 Å². The maximum Gasteiger partial charge on any atom is 0.294 e. The number of ketones is 1. The minimum atomic E-state index is -0.920. The Labute approximate surface area is 215 Å². The lowest BCUT2D eigenvalue weighted by Gasteiger charge is -2.26. The van der Waals surface area contributed by atoms with Crippen LogP contribution in [0, 0.1) is 6.92 Å². The number of carbonyl (C=O) groups is 2. The lowest BCUT2D eigenvalue weighted by molar-refractivity contribution is -0.117. The second-order valence-electron chi connectivity index (χ2n) is 8.68.